The second-order valence-corrected chi connectivity index (χ2v) is 25.7. The minimum Gasteiger partial charge on any atom is -0.356 e. The van der Waals surface area contributed by atoms with Crippen LogP contribution in [0.15, 0.2) is 0 Å². The zero-order chi connectivity index (χ0) is 52.3. The third-order valence-electron chi connectivity index (χ3n) is 16.5. The van der Waals surface area contributed by atoms with E-state index in [1.54, 1.807) is 0 Å². The summed E-state index contributed by atoms with van der Waals surface area (Å²) >= 11 is 0. The van der Waals surface area contributed by atoms with Gasteiger partial charge in [0.15, 0.2) is 0 Å². The highest BCUT2D eigenvalue weighted by Gasteiger charge is 2.58. The second-order valence-electron chi connectivity index (χ2n) is 25.7. The number of nitrogens with one attached hydrogen (secondary N) is 4. The topological polar surface area (TPSA) is 215 Å². The van der Waals surface area contributed by atoms with Gasteiger partial charge in [0, 0.05) is 48.3 Å². The van der Waals surface area contributed by atoms with Crippen molar-refractivity contribution in [3.05, 3.63) is 0 Å². The van der Waals surface area contributed by atoms with Crippen LogP contribution in [0.3, 0.4) is 0 Å². The van der Waals surface area contributed by atoms with Crippen molar-refractivity contribution < 1.29 is 40.0 Å². The summed E-state index contributed by atoms with van der Waals surface area (Å²) in [5.74, 6) is -2.11. The first-order valence-electron chi connectivity index (χ1n) is 26.0. The summed E-state index contributed by atoms with van der Waals surface area (Å²) in [5.41, 5.74) is -5.73. The number of hydroxylamine groups is 8. The Morgan fingerprint density at radius 2 is 0.522 bits per heavy atom. The first-order valence-corrected chi connectivity index (χ1v) is 26.0. The molecule has 4 atom stereocenters. The van der Waals surface area contributed by atoms with Crippen LogP contribution < -0.4 is 21.3 Å². The molecule has 4 saturated heterocycles. The minimum atomic E-state index is -0.810. The van der Waals surface area contributed by atoms with Crippen LogP contribution in [-0.2, 0) is 40.0 Å². The molecule has 4 fully saturated rings. The van der Waals surface area contributed by atoms with E-state index in [4.69, 9.17) is 0 Å². The standard InChI is InChI=1S/C51H94N10O8/c1-44(2)32-36(48(9,10)58(44)66)40(62)52-22-17-26-56(27-18-23-53-41(63)37-33-45(3,4)59(67)49(37,11)12)30-21-31-57(28-19-24-54-42(64)38-34-46(5,6)60(68)50(38,13)14)29-20-25-55-43(65)39-35-47(7,8)61(69)51(39,15)16/h36-39H,17-35H2,1-16H3,(H,52,62)(H,53,63)(H,54,64)(H,55,65). The molecule has 18 nitrogen and oxygen atoms in total. The van der Waals surface area contributed by atoms with Gasteiger partial charge in [-0.3, -0.25) is 19.2 Å². The molecule has 18 heteroatoms. The maximum atomic E-state index is 13.4. The van der Waals surface area contributed by atoms with Crippen LogP contribution in [0.5, 0.6) is 0 Å². The number of hydrogen-bond donors (Lipinski definition) is 4. The van der Waals surface area contributed by atoms with Gasteiger partial charge in [-0.25, -0.2) is 0 Å². The molecule has 4 N–H and O–H groups in total. The van der Waals surface area contributed by atoms with Crippen LogP contribution in [0.2, 0.25) is 0 Å². The van der Waals surface area contributed by atoms with E-state index < -0.39 is 68.0 Å². The lowest BCUT2D eigenvalue weighted by molar-refractivity contribution is -0.247. The smallest absolute Gasteiger partial charge is 0.225 e. The Hall–Kier alpha value is -2.52. The number of hydrogen-bond acceptors (Lipinski definition) is 10. The second kappa shape index (κ2) is 22.3. The van der Waals surface area contributed by atoms with E-state index in [1.807, 2.05) is 111 Å². The summed E-state index contributed by atoms with van der Waals surface area (Å²) in [5, 5.41) is 68.6. The first kappa shape index (κ1) is 59.0. The molecule has 396 valence electrons. The molecule has 0 aromatic heterocycles. The van der Waals surface area contributed by atoms with Crippen molar-refractivity contribution >= 4 is 23.6 Å². The summed E-state index contributed by atoms with van der Waals surface area (Å²) in [4.78, 5) is 58.3. The molecule has 4 amide bonds. The van der Waals surface area contributed by atoms with E-state index in [9.17, 15) is 40.0 Å². The largest absolute Gasteiger partial charge is 0.356 e. The number of nitrogens with zero attached hydrogens (tertiary/aromatic N) is 6. The van der Waals surface area contributed by atoms with E-state index in [-0.39, 0.29) is 23.6 Å². The van der Waals surface area contributed by atoms with Gasteiger partial charge >= 0.3 is 0 Å². The predicted octanol–water partition coefficient (Wildman–Crippen LogP) is 4.90. The molecule has 4 rings (SSSR count). The monoisotopic (exact) mass is 975 g/mol. The van der Waals surface area contributed by atoms with Crippen LogP contribution in [-0.4, -0.2) is 163 Å². The predicted molar refractivity (Wildman–Crippen MR) is 263 cm³/mol. The molecule has 0 saturated carbocycles. The van der Waals surface area contributed by atoms with Crippen molar-refractivity contribution in [2.75, 3.05) is 65.4 Å². The maximum Gasteiger partial charge on any atom is 0.225 e. The third-order valence-corrected chi connectivity index (χ3v) is 16.5. The van der Waals surface area contributed by atoms with Gasteiger partial charge in [0.25, 0.3) is 0 Å². The average Bonchev–Trinajstić information content (AvgIpc) is 3.69. The van der Waals surface area contributed by atoms with E-state index >= 15 is 0 Å². The molecular weight excluding hydrogens is 881 g/mol. The number of rotatable bonds is 24. The molecule has 4 heterocycles. The van der Waals surface area contributed by atoms with Crippen LogP contribution in [0.4, 0.5) is 0 Å². The first-order chi connectivity index (χ1) is 31.5. The quantitative estimate of drug-likeness (QED) is 0.0960. The van der Waals surface area contributed by atoms with Gasteiger partial charge in [0.2, 0.25) is 23.6 Å². The van der Waals surface area contributed by atoms with Gasteiger partial charge in [-0.1, -0.05) is 0 Å². The Bertz CT molecular complexity index is 1520. The molecule has 69 heavy (non-hydrogen) atoms. The fraction of sp³-hybridized carbons (Fsp3) is 0.922. The number of amides is 4. The van der Waals surface area contributed by atoms with Gasteiger partial charge in [-0.15, -0.1) is 41.1 Å². The normalized spacial score (nSPS) is 27.8. The van der Waals surface area contributed by atoms with E-state index in [0.717, 1.165) is 39.8 Å². The fourth-order valence-corrected chi connectivity index (χ4v) is 12.4. The number of carbonyl (C=O) groups is 4. The summed E-state index contributed by atoms with van der Waals surface area (Å²) in [6.07, 6.45) is 5.55. The van der Waals surface area contributed by atoms with Crippen molar-refractivity contribution in [2.45, 2.75) is 213 Å². The molecular formula is C51H94N10O8. The van der Waals surface area contributed by atoms with Crippen LogP contribution in [0.25, 0.3) is 0 Å². The third kappa shape index (κ3) is 13.6. The number of carbonyl (C=O) groups excluding carboxylic acids is 4. The maximum absolute atomic E-state index is 13.4. The van der Waals surface area contributed by atoms with Crippen LogP contribution >= 0.6 is 0 Å². The lowest BCUT2D eigenvalue weighted by atomic mass is 9.86. The van der Waals surface area contributed by atoms with E-state index in [2.05, 4.69) is 31.1 Å². The fourth-order valence-electron chi connectivity index (χ4n) is 12.4. The van der Waals surface area contributed by atoms with Gasteiger partial charge in [-0.2, -0.15) is 0 Å². The van der Waals surface area contributed by atoms with Gasteiger partial charge in [-0.05, 0) is 208 Å². The molecule has 4 radical (unpaired) electrons. The Morgan fingerprint density at radius 1 is 0.348 bits per heavy atom. The summed E-state index contributed by atoms with van der Waals surface area (Å²) in [6, 6.07) is 0. The van der Waals surface area contributed by atoms with Gasteiger partial charge in [0.05, 0.1) is 45.8 Å². The molecule has 0 aromatic carbocycles. The summed E-state index contributed by atoms with van der Waals surface area (Å²) < 4.78 is 0. The van der Waals surface area contributed by atoms with Crippen molar-refractivity contribution in [2.24, 2.45) is 23.7 Å². The lowest BCUT2D eigenvalue weighted by Gasteiger charge is -2.33. The molecule has 0 spiro atoms. The highest BCUT2D eigenvalue weighted by molar-refractivity contribution is 5.82. The van der Waals surface area contributed by atoms with Crippen LogP contribution in [0.1, 0.15) is 169 Å². The summed E-state index contributed by atoms with van der Waals surface area (Å²) in [7, 11) is 0. The van der Waals surface area contributed by atoms with Gasteiger partial charge in [0.1, 0.15) is 0 Å². The zero-order valence-electron chi connectivity index (χ0n) is 45.7. The molecule has 0 aliphatic carbocycles. The Kier molecular flexibility index (Phi) is 19.1. The lowest BCUT2D eigenvalue weighted by Crippen LogP contribution is -2.49. The molecule has 0 aromatic rings. The molecule has 4 unspecified atom stereocenters. The zero-order valence-corrected chi connectivity index (χ0v) is 45.7. The average molecular weight is 975 g/mol. The Morgan fingerprint density at radius 3 is 0.681 bits per heavy atom. The van der Waals surface area contributed by atoms with Crippen LogP contribution in [0, 0.1) is 23.7 Å². The van der Waals surface area contributed by atoms with Crippen molar-refractivity contribution in [3.63, 3.8) is 0 Å². The highest BCUT2D eigenvalue weighted by atomic mass is 16.5. The van der Waals surface area contributed by atoms with Crippen molar-refractivity contribution in [1.29, 1.82) is 0 Å². The SMILES string of the molecule is CC1(C)CC(C(=O)NCCCN(CCCNC(=O)C2CC(C)(C)N([O])C2(C)C)CCCN(CCCNC(=O)C2CC(C)(C)N([O])C2(C)C)CCCNC(=O)C2CC(C)(C)N([O])C2(C)C)C(C)(C)N1[O]. The van der Waals surface area contributed by atoms with Gasteiger partial charge < -0.3 is 31.1 Å². The van der Waals surface area contributed by atoms with Crippen molar-refractivity contribution in [1.82, 2.24) is 51.3 Å². The molecule has 0 bridgehead atoms. The summed E-state index contributed by atoms with van der Waals surface area (Å²) in [6.45, 7) is 35.9. The Labute approximate surface area is 415 Å². The molecule has 4 aliphatic rings. The highest BCUT2D eigenvalue weighted by Crippen LogP contribution is 2.47. The minimum absolute atomic E-state index is 0.107. The van der Waals surface area contributed by atoms with E-state index in [0.29, 0.717) is 104 Å². The Balaban J connectivity index is 1.37. The molecule has 4 aliphatic heterocycles. The van der Waals surface area contributed by atoms with Crippen molar-refractivity contribution in [3.8, 4) is 0 Å². The van der Waals surface area contributed by atoms with E-state index in [1.165, 1.54) is 0 Å².